The van der Waals surface area contributed by atoms with E-state index in [1.807, 2.05) is 12.1 Å². The van der Waals surface area contributed by atoms with Crippen molar-refractivity contribution in [1.82, 2.24) is 0 Å². The largest absolute Gasteiger partial charge is 0.455 e. The molecule has 0 unspecified atom stereocenters. The first kappa shape index (κ1) is 27.3. The van der Waals surface area contributed by atoms with Gasteiger partial charge in [0.15, 0.2) is 0 Å². The van der Waals surface area contributed by atoms with Crippen molar-refractivity contribution in [2.24, 2.45) is 0 Å². The Morgan fingerprint density at radius 1 is 0.260 bits per heavy atom. The molecule has 0 fully saturated rings. The summed E-state index contributed by atoms with van der Waals surface area (Å²) in [5, 5.41) is 11.8. The molecular weight excluding hydrogens is 609 g/mol. The van der Waals surface area contributed by atoms with Crippen molar-refractivity contribution in [3.8, 4) is 33.4 Å². The Labute approximate surface area is 287 Å². The predicted molar refractivity (Wildman–Crippen MR) is 210 cm³/mol. The Hall–Kier alpha value is -6.64. The van der Waals surface area contributed by atoms with Gasteiger partial charge in [0.1, 0.15) is 22.3 Å². The average Bonchev–Trinajstić information content (AvgIpc) is 3.75. The zero-order valence-electron chi connectivity index (χ0n) is 27.0. The van der Waals surface area contributed by atoms with Gasteiger partial charge in [-0.15, -0.1) is 0 Å². The first-order chi connectivity index (χ1) is 24.8. The van der Waals surface area contributed by atoms with Crippen LogP contribution in [0.15, 0.2) is 179 Å². The third-order valence-electron chi connectivity index (χ3n) is 10.5. The lowest BCUT2D eigenvalue weighted by Crippen LogP contribution is -1.91. The van der Waals surface area contributed by atoms with Crippen LogP contribution in [0.3, 0.4) is 0 Å². The maximum Gasteiger partial charge on any atom is 0.143 e. The highest BCUT2D eigenvalue weighted by Crippen LogP contribution is 2.47. The molecule has 50 heavy (non-hydrogen) atoms. The number of hydrogen-bond acceptors (Lipinski definition) is 2. The van der Waals surface area contributed by atoms with Crippen molar-refractivity contribution in [2.75, 3.05) is 0 Å². The molecule has 0 aliphatic carbocycles. The molecule has 0 aliphatic rings. The molecule has 0 saturated carbocycles. The monoisotopic (exact) mass is 636 g/mol. The SMILES string of the molecule is c1ccc2c(-c3c4cccc(-c5cccc6c5oc5ccccc56)c4cc4c(-c5cccc6c5oc5ccccc56)cccc34)cccc2c1. The number of para-hydroxylation sites is 4. The second-order valence-electron chi connectivity index (χ2n) is 13.1. The zero-order chi connectivity index (χ0) is 32.8. The second-order valence-corrected chi connectivity index (χ2v) is 13.1. The van der Waals surface area contributed by atoms with Gasteiger partial charge in [-0.2, -0.15) is 0 Å². The highest BCUT2D eigenvalue weighted by molar-refractivity contribution is 6.23. The van der Waals surface area contributed by atoms with Gasteiger partial charge in [-0.1, -0.05) is 152 Å². The molecule has 2 heteroatoms. The Balaban J connectivity index is 1.30. The molecule has 232 valence electrons. The summed E-state index contributed by atoms with van der Waals surface area (Å²) in [6.45, 7) is 0. The van der Waals surface area contributed by atoms with Gasteiger partial charge in [0.25, 0.3) is 0 Å². The summed E-state index contributed by atoms with van der Waals surface area (Å²) in [5.74, 6) is 0. The molecule has 0 N–H and O–H groups in total. The van der Waals surface area contributed by atoms with Gasteiger partial charge in [0.2, 0.25) is 0 Å². The fraction of sp³-hybridized carbons (Fsp3) is 0. The van der Waals surface area contributed by atoms with E-state index in [4.69, 9.17) is 8.83 Å². The van der Waals surface area contributed by atoms with Crippen molar-refractivity contribution in [2.45, 2.75) is 0 Å². The summed E-state index contributed by atoms with van der Waals surface area (Å²) in [5.41, 5.74) is 10.5. The molecule has 0 atom stereocenters. The Morgan fingerprint density at radius 2 is 0.660 bits per heavy atom. The third kappa shape index (κ3) is 3.85. The van der Waals surface area contributed by atoms with Crippen LogP contribution in [0.2, 0.25) is 0 Å². The lowest BCUT2D eigenvalue weighted by molar-refractivity contribution is 0.669. The van der Waals surface area contributed by atoms with Crippen LogP contribution in [0, 0.1) is 0 Å². The minimum atomic E-state index is 0.901. The molecule has 11 rings (SSSR count). The molecular formula is C48H28O2. The van der Waals surface area contributed by atoms with E-state index in [2.05, 4.69) is 158 Å². The summed E-state index contributed by atoms with van der Waals surface area (Å²) in [7, 11) is 0. The van der Waals surface area contributed by atoms with Gasteiger partial charge in [-0.25, -0.2) is 0 Å². The van der Waals surface area contributed by atoms with Crippen LogP contribution in [-0.2, 0) is 0 Å². The van der Waals surface area contributed by atoms with E-state index < -0.39 is 0 Å². The van der Waals surface area contributed by atoms with Crippen LogP contribution in [0.5, 0.6) is 0 Å². The van der Waals surface area contributed by atoms with E-state index in [0.29, 0.717) is 0 Å². The van der Waals surface area contributed by atoms with E-state index in [1.165, 1.54) is 43.4 Å². The van der Waals surface area contributed by atoms with Crippen LogP contribution in [0.25, 0.3) is 110 Å². The van der Waals surface area contributed by atoms with Gasteiger partial charge >= 0.3 is 0 Å². The number of rotatable bonds is 3. The van der Waals surface area contributed by atoms with Crippen molar-refractivity contribution in [3.05, 3.63) is 170 Å². The Bertz CT molecular complexity index is 2980. The highest BCUT2D eigenvalue weighted by atomic mass is 16.3. The molecule has 0 bridgehead atoms. The molecule has 2 aromatic heterocycles. The molecule has 0 aliphatic heterocycles. The summed E-state index contributed by atoms with van der Waals surface area (Å²) >= 11 is 0. The van der Waals surface area contributed by atoms with Crippen molar-refractivity contribution >= 4 is 76.2 Å². The molecule has 0 radical (unpaired) electrons. The normalized spacial score (nSPS) is 12.0. The smallest absolute Gasteiger partial charge is 0.143 e. The summed E-state index contributed by atoms with van der Waals surface area (Å²) in [6.07, 6.45) is 0. The van der Waals surface area contributed by atoms with Crippen LogP contribution < -0.4 is 0 Å². The van der Waals surface area contributed by atoms with E-state index >= 15 is 0 Å². The number of furan rings is 2. The molecule has 9 aromatic carbocycles. The molecule has 0 saturated heterocycles. The van der Waals surface area contributed by atoms with E-state index in [-0.39, 0.29) is 0 Å². The fourth-order valence-electron chi connectivity index (χ4n) is 8.29. The molecule has 0 amide bonds. The van der Waals surface area contributed by atoms with E-state index in [0.717, 1.165) is 66.1 Å². The van der Waals surface area contributed by atoms with Crippen LogP contribution in [0.1, 0.15) is 0 Å². The van der Waals surface area contributed by atoms with Gasteiger partial charge in [0.05, 0.1) is 0 Å². The van der Waals surface area contributed by atoms with Crippen LogP contribution in [-0.4, -0.2) is 0 Å². The molecule has 2 nitrogen and oxygen atoms in total. The first-order valence-electron chi connectivity index (χ1n) is 17.1. The Kier molecular flexibility index (Phi) is 5.70. The molecule has 11 aromatic rings. The summed E-state index contributed by atoms with van der Waals surface area (Å²) < 4.78 is 13.2. The van der Waals surface area contributed by atoms with Gasteiger partial charge in [-0.3, -0.25) is 0 Å². The van der Waals surface area contributed by atoms with Gasteiger partial charge < -0.3 is 8.83 Å². The minimum Gasteiger partial charge on any atom is -0.455 e. The van der Waals surface area contributed by atoms with Gasteiger partial charge in [-0.05, 0) is 72.8 Å². The minimum absolute atomic E-state index is 0.901. The molecule has 2 heterocycles. The van der Waals surface area contributed by atoms with E-state index in [9.17, 15) is 0 Å². The quantitative estimate of drug-likeness (QED) is 0.180. The standard InChI is InChI=1S/C48H28O2/c1-2-14-30-29(12-1)13-7-19-35(30)46-36-20-8-17-31(38-22-10-24-40-33-15-3-5-26-44(33)49-47(38)40)42(36)28-43-32(18-9-21-37(43)46)39-23-11-25-41-34-16-4-6-27-45(34)50-48(39)41/h1-28H. The van der Waals surface area contributed by atoms with Crippen LogP contribution >= 0.6 is 0 Å². The van der Waals surface area contributed by atoms with Crippen molar-refractivity contribution in [1.29, 1.82) is 0 Å². The average molecular weight is 637 g/mol. The lowest BCUT2D eigenvalue weighted by Gasteiger charge is -2.18. The highest BCUT2D eigenvalue weighted by Gasteiger charge is 2.21. The lowest BCUT2D eigenvalue weighted by atomic mass is 9.85. The third-order valence-corrected chi connectivity index (χ3v) is 10.5. The number of benzene rings is 9. The molecule has 0 spiro atoms. The van der Waals surface area contributed by atoms with Crippen molar-refractivity contribution < 1.29 is 8.83 Å². The summed E-state index contributed by atoms with van der Waals surface area (Å²) in [6, 6.07) is 60.8. The maximum absolute atomic E-state index is 6.60. The number of fused-ring (bicyclic) bond motifs is 9. The van der Waals surface area contributed by atoms with Crippen molar-refractivity contribution in [3.63, 3.8) is 0 Å². The van der Waals surface area contributed by atoms with E-state index in [1.54, 1.807) is 0 Å². The van der Waals surface area contributed by atoms with Gasteiger partial charge in [0, 0.05) is 32.7 Å². The topological polar surface area (TPSA) is 26.3 Å². The summed E-state index contributed by atoms with van der Waals surface area (Å²) in [4.78, 5) is 0. The Morgan fingerprint density at radius 3 is 1.24 bits per heavy atom. The predicted octanol–water partition coefficient (Wildman–Crippen LogP) is 13.9. The zero-order valence-corrected chi connectivity index (χ0v) is 27.0. The first-order valence-corrected chi connectivity index (χ1v) is 17.1. The maximum atomic E-state index is 6.60. The fourth-order valence-corrected chi connectivity index (χ4v) is 8.29. The number of hydrogen-bond donors (Lipinski definition) is 0. The van der Waals surface area contributed by atoms with Crippen LogP contribution in [0.4, 0.5) is 0 Å². The second kappa shape index (κ2) is 10.4.